The van der Waals surface area contributed by atoms with Crippen molar-refractivity contribution in [3.8, 4) is 16.9 Å². The van der Waals surface area contributed by atoms with Gasteiger partial charge in [0.2, 0.25) is 0 Å². The minimum Gasteiger partial charge on any atom is -0.493 e. The molecule has 0 radical (unpaired) electrons. The SMILES string of the molecule is CCOC(=O)C1CCOc2ccc(-c3ccccc3)cc2C1=O. The fourth-order valence-electron chi connectivity index (χ4n) is 2.73. The smallest absolute Gasteiger partial charge is 0.316 e. The van der Waals surface area contributed by atoms with Crippen LogP contribution in [0.3, 0.4) is 0 Å². The van der Waals surface area contributed by atoms with E-state index in [2.05, 4.69) is 0 Å². The molecule has 0 amide bonds. The van der Waals surface area contributed by atoms with Crippen molar-refractivity contribution in [3.05, 3.63) is 54.1 Å². The fraction of sp³-hybridized carbons (Fsp3) is 0.263. The highest BCUT2D eigenvalue weighted by molar-refractivity contribution is 6.10. The number of carbonyl (C=O) groups excluding carboxylic acids is 2. The summed E-state index contributed by atoms with van der Waals surface area (Å²) in [5.74, 6) is -0.962. The molecule has 1 atom stereocenters. The van der Waals surface area contributed by atoms with Crippen molar-refractivity contribution >= 4 is 11.8 Å². The molecule has 0 spiro atoms. The zero-order chi connectivity index (χ0) is 16.2. The lowest BCUT2D eigenvalue weighted by atomic mass is 9.93. The Bertz CT molecular complexity index is 721. The number of ether oxygens (including phenoxy) is 2. The summed E-state index contributed by atoms with van der Waals surface area (Å²) >= 11 is 0. The lowest BCUT2D eigenvalue weighted by Crippen LogP contribution is -2.26. The summed E-state index contributed by atoms with van der Waals surface area (Å²) in [6, 6.07) is 15.3. The molecule has 0 saturated heterocycles. The fourth-order valence-corrected chi connectivity index (χ4v) is 2.73. The third kappa shape index (κ3) is 3.11. The molecular weight excluding hydrogens is 292 g/mol. The molecule has 3 rings (SSSR count). The summed E-state index contributed by atoms with van der Waals surface area (Å²) in [5, 5.41) is 0. The molecule has 118 valence electrons. The number of Topliss-reactive ketones (excluding diaryl/α,β-unsaturated/α-hetero) is 1. The van der Waals surface area contributed by atoms with Crippen LogP contribution in [0.5, 0.6) is 5.75 Å². The second kappa shape index (κ2) is 6.65. The van der Waals surface area contributed by atoms with E-state index in [9.17, 15) is 9.59 Å². The van der Waals surface area contributed by atoms with Gasteiger partial charge in [-0.1, -0.05) is 36.4 Å². The molecule has 2 aromatic rings. The molecule has 23 heavy (non-hydrogen) atoms. The van der Waals surface area contributed by atoms with Gasteiger partial charge in [0.05, 0.1) is 18.8 Å². The Kier molecular flexibility index (Phi) is 4.42. The Hall–Kier alpha value is -2.62. The number of rotatable bonds is 3. The number of benzene rings is 2. The van der Waals surface area contributed by atoms with Gasteiger partial charge >= 0.3 is 5.97 Å². The van der Waals surface area contributed by atoms with E-state index in [1.807, 2.05) is 36.4 Å². The Labute approximate surface area is 135 Å². The standard InChI is InChI=1S/C19H18O4/c1-2-22-19(21)15-10-11-23-17-9-8-14(12-16(17)18(15)20)13-6-4-3-5-7-13/h3-9,12,15H,2,10-11H2,1H3. The number of ketones is 1. The van der Waals surface area contributed by atoms with Crippen LogP contribution in [0, 0.1) is 5.92 Å². The minimum atomic E-state index is -0.790. The average Bonchev–Trinajstić information content (AvgIpc) is 2.75. The Morgan fingerprint density at radius 1 is 1.17 bits per heavy atom. The van der Waals surface area contributed by atoms with Crippen LogP contribution in [0.25, 0.3) is 11.1 Å². The number of carbonyl (C=O) groups is 2. The molecule has 0 aliphatic carbocycles. The van der Waals surface area contributed by atoms with Crippen molar-refractivity contribution in [3.63, 3.8) is 0 Å². The predicted octanol–water partition coefficient (Wildman–Crippen LogP) is 3.50. The van der Waals surface area contributed by atoms with Gasteiger partial charge in [-0.15, -0.1) is 0 Å². The second-order valence-corrected chi connectivity index (χ2v) is 5.38. The second-order valence-electron chi connectivity index (χ2n) is 5.38. The lowest BCUT2D eigenvalue weighted by molar-refractivity contribution is -0.146. The van der Waals surface area contributed by atoms with Gasteiger partial charge in [-0.3, -0.25) is 9.59 Å². The van der Waals surface area contributed by atoms with Crippen molar-refractivity contribution in [1.29, 1.82) is 0 Å². The van der Waals surface area contributed by atoms with Gasteiger partial charge in [0.15, 0.2) is 5.78 Å². The van der Waals surface area contributed by atoms with E-state index in [0.29, 0.717) is 24.3 Å². The van der Waals surface area contributed by atoms with Gasteiger partial charge in [0.25, 0.3) is 0 Å². The molecule has 0 fully saturated rings. The van der Waals surface area contributed by atoms with Crippen molar-refractivity contribution < 1.29 is 19.1 Å². The van der Waals surface area contributed by atoms with Crippen LogP contribution in [-0.2, 0) is 9.53 Å². The summed E-state index contributed by atoms with van der Waals surface area (Å²) in [5.41, 5.74) is 2.38. The van der Waals surface area contributed by atoms with Gasteiger partial charge in [-0.25, -0.2) is 0 Å². The van der Waals surface area contributed by atoms with Gasteiger partial charge in [-0.05, 0) is 30.2 Å². The molecule has 0 bridgehead atoms. The lowest BCUT2D eigenvalue weighted by Gasteiger charge is -2.12. The Morgan fingerprint density at radius 3 is 2.70 bits per heavy atom. The summed E-state index contributed by atoms with van der Waals surface area (Å²) in [7, 11) is 0. The topological polar surface area (TPSA) is 52.6 Å². The zero-order valence-electron chi connectivity index (χ0n) is 13.0. The maximum Gasteiger partial charge on any atom is 0.316 e. The van der Waals surface area contributed by atoms with Crippen molar-refractivity contribution in [2.45, 2.75) is 13.3 Å². The summed E-state index contributed by atoms with van der Waals surface area (Å²) in [6.07, 6.45) is 0.340. The van der Waals surface area contributed by atoms with Crippen LogP contribution in [0.1, 0.15) is 23.7 Å². The molecule has 1 aliphatic rings. The van der Waals surface area contributed by atoms with E-state index in [-0.39, 0.29) is 12.4 Å². The molecule has 1 aliphatic heterocycles. The molecule has 1 heterocycles. The van der Waals surface area contributed by atoms with E-state index in [0.717, 1.165) is 11.1 Å². The van der Waals surface area contributed by atoms with Crippen LogP contribution in [-0.4, -0.2) is 25.0 Å². The van der Waals surface area contributed by atoms with Crippen LogP contribution in [0.15, 0.2) is 48.5 Å². The minimum absolute atomic E-state index is 0.228. The van der Waals surface area contributed by atoms with E-state index in [1.54, 1.807) is 19.1 Å². The Balaban J connectivity index is 1.98. The maximum atomic E-state index is 12.8. The first-order valence-electron chi connectivity index (χ1n) is 7.74. The largest absolute Gasteiger partial charge is 0.493 e. The molecule has 0 saturated carbocycles. The third-order valence-electron chi connectivity index (χ3n) is 3.90. The summed E-state index contributed by atoms with van der Waals surface area (Å²) < 4.78 is 10.7. The highest BCUT2D eigenvalue weighted by Gasteiger charge is 2.33. The number of hydrogen-bond acceptors (Lipinski definition) is 4. The first kappa shape index (κ1) is 15.3. The monoisotopic (exact) mass is 310 g/mol. The first-order chi connectivity index (χ1) is 11.2. The quantitative estimate of drug-likeness (QED) is 0.643. The average molecular weight is 310 g/mol. The molecule has 0 aromatic heterocycles. The van der Waals surface area contributed by atoms with Crippen LogP contribution < -0.4 is 4.74 Å². The molecule has 1 unspecified atom stereocenters. The summed E-state index contributed by atoms with van der Waals surface area (Å²) in [6.45, 7) is 2.32. The van der Waals surface area contributed by atoms with Gasteiger partial charge in [0.1, 0.15) is 11.7 Å². The van der Waals surface area contributed by atoms with Gasteiger partial charge in [0, 0.05) is 6.42 Å². The van der Waals surface area contributed by atoms with Crippen molar-refractivity contribution in [2.75, 3.05) is 13.2 Å². The highest BCUT2D eigenvalue weighted by atomic mass is 16.5. The van der Waals surface area contributed by atoms with Crippen molar-refractivity contribution in [1.82, 2.24) is 0 Å². The van der Waals surface area contributed by atoms with E-state index < -0.39 is 11.9 Å². The van der Waals surface area contributed by atoms with Crippen LogP contribution >= 0.6 is 0 Å². The van der Waals surface area contributed by atoms with E-state index >= 15 is 0 Å². The van der Waals surface area contributed by atoms with E-state index in [4.69, 9.17) is 9.47 Å². The highest BCUT2D eigenvalue weighted by Crippen LogP contribution is 2.31. The molecule has 2 aromatic carbocycles. The third-order valence-corrected chi connectivity index (χ3v) is 3.90. The van der Waals surface area contributed by atoms with Gasteiger partial charge < -0.3 is 9.47 Å². The number of esters is 1. The number of hydrogen-bond donors (Lipinski definition) is 0. The molecule has 4 nitrogen and oxygen atoms in total. The van der Waals surface area contributed by atoms with Gasteiger partial charge in [-0.2, -0.15) is 0 Å². The normalized spacial score (nSPS) is 16.9. The predicted molar refractivity (Wildman–Crippen MR) is 86.4 cm³/mol. The van der Waals surface area contributed by atoms with E-state index in [1.165, 1.54) is 0 Å². The first-order valence-corrected chi connectivity index (χ1v) is 7.74. The molecular formula is C19H18O4. The van der Waals surface area contributed by atoms with Crippen molar-refractivity contribution in [2.24, 2.45) is 5.92 Å². The van der Waals surface area contributed by atoms with Crippen LogP contribution in [0.4, 0.5) is 0 Å². The maximum absolute atomic E-state index is 12.8. The summed E-state index contributed by atoms with van der Waals surface area (Å²) in [4.78, 5) is 24.8. The molecule has 0 N–H and O–H groups in total. The molecule has 4 heteroatoms. The zero-order valence-corrected chi connectivity index (χ0v) is 13.0. The number of fused-ring (bicyclic) bond motifs is 1. The van der Waals surface area contributed by atoms with Crippen LogP contribution in [0.2, 0.25) is 0 Å². The Morgan fingerprint density at radius 2 is 1.96 bits per heavy atom.